The van der Waals surface area contributed by atoms with Crippen LogP contribution in [0, 0.1) is 0 Å². The summed E-state index contributed by atoms with van der Waals surface area (Å²) in [6.07, 6.45) is 6.91. The van der Waals surface area contributed by atoms with Crippen LogP contribution in [0.4, 0.5) is 0 Å². The molecule has 0 saturated carbocycles. The molecule has 0 saturated heterocycles. The van der Waals surface area contributed by atoms with Crippen molar-refractivity contribution < 1.29 is 9.84 Å². The first kappa shape index (κ1) is 14.6. The third-order valence-electron chi connectivity index (χ3n) is 3.45. The summed E-state index contributed by atoms with van der Waals surface area (Å²) in [6, 6.07) is 8.01. The highest BCUT2D eigenvalue weighted by molar-refractivity contribution is 5.27. The Morgan fingerprint density at radius 2 is 1.80 bits per heavy atom. The molecule has 2 rings (SSSR count). The van der Waals surface area contributed by atoms with Gasteiger partial charge in [-0.3, -0.25) is 4.68 Å². The third kappa shape index (κ3) is 4.38. The van der Waals surface area contributed by atoms with Gasteiger partial charge in [-0.05, 0) is 48.9 Å². The Morgan fingerprint density at radius 1 is 1.15 bits per heavy atom. The summed E-state index contributed by atoms with van der Waals surface area (Å²) >= 11 is 0. The number of ether oxygens (including phenoxy) is 1. The quantitative estimate of drug-likeness (QED) is 0.843. The molecule has 0 bridgehead atoms. The van der Waals surface area contributed by atoms with Crippen molar-refractivity contribution in [2.45, 2.75) is 31.8 Å². The first-order chi connectivity index (χ1) is 9.67. The van der Waals surface area contributed by atoms with Gasteiger partial charge in [0.2, 0.25) is 0 Å². The van der Waals surface area contributed by atoms with E-state index in [2.05, 4.69) is 5.10 Å². The van der Waals surface area contributed by atoms with Gasteiger partial charge in [0.1, 0.15) is 5.75 Å². The molecule has 0 aliphatic rings. The minimum atomic E-state index is -0.266. The van der Waals surface area contributed by atoms with E-state index in [4.69, 9.17) is 4.74 Å². The van der Waals surface area contributed by atoms with Gasteiger partial charge in [-0.25, -0.2) is 0 Å². The van der Waals surface area contributed by atoms with Gasteiger partial charge < -0.3 is 9.84 Å². The lowest BCUT2D eigenvalue weighted by molar-refractivity contribution is 0.155. The molecule has 108 valence electrons. The molecule has 4 nitrogen and oxygen atoms in total. The Morgan fingerprint density at radius 3 is 2.35 bits per heavy atom. The molecule has 0 spiro atoms. The SMILES string of the molecule is COc1ccc(CCC(O)CCc2cnn(C)c2)cc1. The highest BCUT2D eigenvalue weighted by atomic mass is 16.5. The summed E-state index contributed by atoms with van der Waals surface area (Å²) in [6.45, 7) is 0. The number of methoxy groups -OCH3 is 1. The van der Waals surface area contributed by atoms with Gasteiger partial charge in [0.05, 0.1) is 19.4 Å². The molecule has 0 aliphatic carbocycles. The molecule has 1 aromatic carbocycles. The zero-order valence-corrected chi connectivity index (χ0v) is 12.1. The molecule has 1 heterocycles. The van der Waals surface area contributed by atoms with Crippen LogP contribution >= 0.6 is 0 Å². The number of rotatable bonds is 7. The van der Waals surface area contributed by atoms with Crippen LogP contribution in [-0.4, -0.2) is 28.1 Å². The Balaban J connectivity index is 1.72. The number of hydrogen-bond acceptors (Lipinski definition) is 3. The number of aliphatic hydroxyl groups excluding tert-OH is 1. The summed E-state index contributed by atoms with van der Waals surface area (Å²) in [5, 5.41) is 14.2. The molecular weight excluding hydrogens is 252 g/mol. The fraction of sp³-hybridized carbons (Fsp3) is 0.438. The maximum absolute atomic E-state index is 10.0. The Kier molecular flexibility index (Phi) is 5.18. The van der Waals surface area contributed by atoms with Crippen molar-refractivity contribution in [3.05, 3.63) is 47.8 Å². The van der Waals surface area contributed by atoms with Crippen LogP contribution in [0.3, 0.4) is 0 Å². The van der Waals surface area contributed by atoms with Crippen molar-refractivity contribution in [2.75, 3.05) is 7.11 Å². The van der Waals surface area contributed by atoms with Crippen LogP contribution in [0.2, 0.25) is 0 Å². The van der Waals surface area contributed by atoms with Crippen molar-refractivity contribution in [1.82, 2.24) is 9.78 Å². The number of aliphatic hydroxyl groups is 1. The Bertz CT molecular complexity index is 520. The largest absolute Gasteiger partial charge is 0.497 e. The predicted octanol–water partition coefficient (Wildman–Crippen LogP) is 2.36. The van der Waals surface area contributed by atoms with Crippen LogP contribution in [0.1, 0.15) is 24.0 Å². The predicted molar refractivity (Wildman–Crippen MR) is 78.9 cm³/mol. The molecule has 1 unspecified atom stereocenters. The van der Waals surface area contributed by atoms with Crippen molar-refractivity contribution in [1.29, 1.82) is 0 Å². The van der Waals surface area contributed by atoms with Crippen LogP contribution in [0.5, 0.6) is 5.75 Å². The average Bonchev–Trinajstić information content (AvgIpc) is 2.89. The minimum Gasteiger partial charge on any atom is -0.497 e. The van der Waals surface area contributed by atoms with Gasteiger partial charge in [-0.1, -0.05) is 12.1 Å². The maximum atomic E-state index is 10.0. The lowest BCUT2D eigenvalue weighted by Crippen LogP contribution is -2.09. The molecule has 0 aliphatic heterocycles. The standard InChI is InChI=1S/C16H22N2O2/c1-18-12-14(11-17-18)4-8-15(19)7-3-13-5-9-16(20-2)10-6-13/h5-6,9-12,15,19H,3-4,7-8H2,1-2H3. The van der Waals surface area contributed by atoms with E-state index in [0.717, 1.165) is 31.4 Å². The molecule has 0 radical (unpaired) electrons. The van der Waals surface area contributed by atoms with Gasteiger partial charge in [-0.15, -0.1) is 0 Å². The van der Waals surface area contributed by atoms with E-state index >= 15 is 0 Å². The average molecular weight is 274 g/mol. The second-order valence-electron chi connectivity index (χ2n) is 5.10. The van der Waals surface area contributed by atoms with Gasteiger partial charge in [-0.2, -0.15) is 5.10 Å². The molecule has 0 fully saturated rings. The molecule has 4 heteroatoms. The second kappa shape index (κ2) is 7.10. The molecule has 1 atom stereocenters. The fourth-order valence-electron chi connectivity index (χ4n) is 2.20. The normalized spacial score (nSPS) is 12.3. The molecule has 2 aromatic rings. The van der Waals surface area contributed by atoms with E-state index in [9.17, 15) is 5.11 Å². The minimum absolute atomic E-state index is 0.266. The summed E-state index contributed by atoms with van der Waals surface area (Å²) in [5.74, 6) is 0.867. The molecular formula is C16H22N2O2. The number of aromatic nitrogens is 2. The van der Waals surface area contributed by atoms with Crippen molar-refractivity contribution in [3.63, 3.8) is 0 Å². The van der Waals surface area contributed by atoms with Crippen molar-refractivity contribution in [2.24, 2.45) is 7.05 Å². The van der Waals surface area contributed by atoms with E-state index in [1.165, 1.54) is 11.1 Å². The van der Waals surface area contributed by atoms with E-state index in [0.29, 0.717) is 0 Å². The maximum Gasteiger partial charge on any atom is 0.118 e. The summed E-state index contributed by atoms with van der Waals surface area (Å²) < 4.78 is 6.92. The highest BCUT2D eigenvalue weighted by Crippen LogP contribution is 2.14. The first-order valence-corrected chi connectivity index (χ1v) is 6.96. The fourth-order valence-corrected chi connectivity index (χ4v) is 2.20. The van der Waals surface area contributed by atoms with Gasteiger partial charge in [0.25, 0.3) is 0 Å². The number of benzene rings is 1. The number of hydrogen-bond donors (Lipinski definition) is 1. The first-order valence-electron chi connectivity index (χ1n) is 6.96. The third-order valence-corrected chi connectivity index (χ3v) is 3.45. The van der Waals surface area contributed by atoms with Gasteiger partial charge in [0, 0.05) is 13.2 Å². The van der Waals surface area contributed by atoms with Crippen molar-refractivity contribution in [3.8, 4) is 5.75 Å². The number of nitrogens with zero attached hydrogens (tertiary/aromatic N) is 2. The molecule has 1 aromatic heterocycles. The zero-order chi connectivity index (χ0) is 14.4. The van der Waals surface area contributed by atoms with Crippen LogP contribution in [0.15, 0.2) is 36.7 Å². The topological polar surface area (TPSA) is 47.3 Å². The molecule has 0 amide bonds. The van der Waals surface area contributed by atoms with Gasteiger partial charge in [0.15, 0.2) is 0 Å². The summed E-state index contributed by atoms with van der Waals surface area (Å²) in [7, 11) is 3.57. The summed E-state index contributed by atoms with van der Waals surface area (Å²) in [4.78, 5) is 0. The van der Waals surface area contributed by atoms with Crippen LogP contribution < -0.4 is 4.74 Å². The van der Waals surface area contributed by atoms with E-state index in [1.54, 1.807) is 11.8 Å². The molecule has 20 heavy (non-hydrogen) atoms. The molecule has 1 N–H and O–H groups in total. The second-order valence-corrected chi connectivity index (χ2v) is 5.10. The van der Waals surface area contributed by atoms with Gasteiger partial charge >= 0.3 is 0 Å². The lowest BCUT2D eigenvalue weighted by Gasteiger charge is -2.10. The van der Waals surface area contributed by atoms with E-state index in [1.807, 2.05) is 43.7 Å². The monoisotopic (exact) mass is 274 g/mol. The number of aryl methyl sites for hydroxylation is 3. The van der Waals surface area contributed by atoms with E-state index in [-0.39, 0.29) is 6.10 Å². The van der Waals surface area contributed by atoms with Crippen molar-refractivity contribution >= 4 is 0 Å². The lowest BCUT2D eigenvalue weighted by atomic mass is 10.0. The van der Waals surface area contributed by atoms with Crippen LogP contribution in [-0.2, 0) is 19.9 Å². The smallest absolute Gasteiger partial charge is 0.118 e. The zero-order valence-electron chi connectivity index (χ0n) is 12.1. The Hall–Kier alpha value is -1.81. The Labute approximate surface area is 120 Å². The van der Waals surface area contributed by atoms with E-state index < -0.39 is 0 Å². The summed E-state index contributed by atoms with van der Waals surface area (Å²) in [5.41, 5.74) is 2.40. The highest BCUT2D eigenvalue weighted by Gasteiger charge is 2.06. The van der Waals surface area contributed by atoms with Crippen LogP contribution in [0.25, 0.3) is 0 Å².